The van der Waals surface area contributed by atoms with Gasteiger partial charge in [0.25, 0.3) is 0 Å². The third-order valence-electron chi connectivity index (χ3n) is 3.87. The zero-order valence-electron chi connectivity index (χ0n) is 12.6. The number of anilines is 2. The maximum Gasteiger partial charge on any atom is 0.207 e. The number of nitrogens with zero attached hydrogens (tertiary/aromatic N) is 5. The second-order valence-electron chi connectivity index (χ2n) is 5.39. The monoisotopic (exact) mass is 332 g/mol. The summed E-state index contributed by atoms with van der Waals surface area (Å²) in [7, 11) is 0. The van der Waals surface area contributed by atoms with Crippen molar-refractivity contribution >= 4 is 17.3 Å². The van der Waals surface area contributed by atoms with E-state index in [1.165, 1.54) is 28.9 Å². The summed E-state index contributed by atoms with van der Waals surface area (Å²) >= 11 is 0. The van der Waals surface area contributed by atoms with Crippen LogP contribution < -0.4 is 10.6 Å². The molecule has 3 aromatic heterocycles. The Morgan fingerprint density at radius 1 is 1.12 bits per heavy atom. The molecule has 1 aliphatic rings. The Morgan fingerprint density at radius 3 is 2.71 bits per heavy atom. The molecule has 24 heavy (non-hydrogen) atoms. The standard InChI is InChI=1S/C15H14F2N6O/c16-9-1-2-11-19-7-10(23(11)8-9)14-20-13(18)12(17)15(21-14)22-3-5-24-6-4-22/h1-2,7-8H,3-6H2,(H2,18,20,21). The van der Waals surface area contributed by atoms with Gasteiger partial charge in [-0.1, -0.05) is 0 Å². The van der Waals surface area contributed by atoms with Gasteiger partial charge in [0.2, 0.25) is 5.82 Å². The van der Waals surface area contributed by atoms with E-state index in [-0.39, 0.29) is 17.5 Å². The fourth-order valence-electron chi connectivity index (χ4n) is 2.67. The van der Waals surface area contributed by atoms with Crippen LogP contribution in [0.15, 0.2) is 24.5 Å². The van der Waals surface area contributed by atoms with Gasteiger partial charge >= 0.3 is 0 Å². The number of fused-ring (bicyclic) bond motifs is 1. The summed E-state index contributed by atoms with van der Waals surface area (Å²) in [5.74, 6) is -1.04. The molecule has 1 fully saturated rings. The molecule has 1 aliphatic heterocycles. The molecule has 0 aromatic carbocycles. The molecule has 0 radical (unpaired) electrons. The predicted octanol–water partition coefficient (Wildman–Crippen LogP) is 1.49. The summed E-state index contributed by atoms with van der Waals surface area (Å²) in [4.78, 5) is 14.2. The van der Waals surface area contributed by atoms with Gasteiger partial charge in [0.1, 0.15) is 17.2 Å². The second kappa shape index (κ2) is 5.68. The van der Waals surface area contributed by atoms with Gasteiger partial charge in [-0.3, -0.25) is 4.40 Å². The molecule has 4 heterocycles. The van der Waals surface area contributed by atoms with Crippen LogP contribution in [-0.2, 0) is 4.74 Å². The molecular formula is C15H14F2N6O. The Morgan fingerprint density at radius 2 is 1.92 bits per heavy atom. The number of rotatable bonds is 2. The first-order valence-corrected chi connectivity index (χ1v) is 7.42. The van der Waals surface area contributed by atoms with E-state index in [1.807, 2.05) is 0 Å². The lowest BCUT2D eigenvalue weighted by Gasteiger charge is -2.28. The van der Waals surface area contributed by atoms with Crippen molar-refractivity contribution in [3.05, 3.63) is 36.2 Å². The van der Waals surface area contributed by atoms with Gasteiger partial charge in [0.15, 0.2) is 17.5 Å². The van der Waals surface area contributed by atoms with Crippen LogP contribution in [0.3, 0.4) is 0 Å². The smallest absolute Gasteiger partial charge is 0.207 e. The first kappa shape index (κ1) is 14.8. The number of nitrogens with two attached hydrogens (primary N) is 1. The third-order valence-corrected chi connectivity index (χ3v) is 3.87. The molecule has 1 saturated heterocycles. The number of imidazole rings is 1. The molecule has 124 valence electrons. The van der Waals surface area contributed by atoms with Gasteiger partial charge in [-0.15, -0.1) is 0 Å². The summed E-state index contributed by atoms with van der Waals surface area (Å²) in [6.45, 7) is 1.99. The van der Waals surface area contributed by atoms with E-state index >= 15 is 0 Å². The molecule has 0 saturated carbocycles. The highest BCUT2D eigenvalue weighted by molar-refractivity contribution is 5.62. The molecule has 4 rings (SSSR count). The van der Waals surface area contributed by atoms with Crippen LogP contribution in [0.2, 0.25) is 0 Å². The Kier molecular flexibility index (Phi) is 3.49. The van der Waals surface area contributed by atoms with Crippen LogP contribution >= 0.6 is 0 Å². The van der Waals surface area contributed by atoms with E-state index < -0.39 is 11.6 Å². The zero-order chi connectivity index (χ0) is 16.7. The Labute approximate surface area is 135 Å². The fourth-order valence-corrected chi connectivity index (χ4v) is 2.67. The Balaban J connectivity index is 1.85. The summed E-state index contributed by atoms with van der Waals surface area (Å²) in [5.41, 5.74) is 6.69. The van der Waals surface area contributed by atoms with Crippen LogP contribution in [0.5, 0.6) is 0 Å². The summed E-state index contributed by atoms with van der Waals surface area (Å²) in [5, 5.41) is 0. The molecule has 7 nitrogen and oxygen atoms in total. The quantitative estimate of drug-likeness (QED) is 0.766. The molecule has 0 amide bonds. The van der Waals surface area contributed by atoms with E-state index in [4.69, 9.17) is 10.5 Å². The number of hydrogen-bond acceptors (Lipinski definition) is 6. The van der Waals surface area contributed by atoms with Gasteiger partial charge < -0.3 is 15.4 Å². The largest absolute Gasteiger partial charge is 0.381 e. The minimum atomic E-state index is -0.666. The first-order valence-electron chi connectivity index (χ1n) is 7.42. The predicted molar refractivity (Wildman–Crippen MR) is 83.6 cm³/mol. The lowest BCUT2D eigenvalue weighted by atomic mass is 10.3. The molecule has 0 aliphatic carbocycles. The molecule has 0 atom stereocenters. The van der Waals surface area contributed by atoms with E-state index in [9.17, 15) is 8.78 Å². The highest BCUT2D eigenvalue weighted by atomic mass is 19.1. The van der Waals surface area contributed by atoms with Crippen molar-refractivity contribution in [2.75, 3.05) is 36.9 Å². The van der Waals surface area contributed by atoms with Crippen LogP contribution in [0.1, 0.15) is 0 Å². The van der Waals surface area contributed by atoms with E-state index in [1.54, 1.807) is 4.90 Å². The highest BCUT2D eigenvalue weighted by Crippen LogP contribution is 2.26. The van der Waals surface area contributed by atoms with Crippen molar-refractivity contribution in [1.29, 1.82) is 0 Å². The van der Waals surface area contributed by atoms with Crippen molar-refractivity contribution in [3.8, 4) is 11.5 Å². The van der Waals surface area contributed by atoms with Gasteiger partial charge in [-0.25, -0.2) is 19.3 Å². The zero-order valence-corrected chi connectivity index (χ0v) is 12.6. The van der Waals surface area contributed by atoms with Crippen molar-refractivity contribution in [3.63, 3.8) is 0 Å². The SMILES string of the molecule is Nc1nc(-c2cnc3ccc(F)cn23)nc(N2CCOCC2)c1F. The number of ether oxygens (including phenoxy) is 1. The Hall–Kier alpha value is -2.81. The average molecular weight is 332 g/mol. The van der Waals surface area contributed by atoms with Crippen LogP contribution in [0.25, 0.3) is 17.2 Å². The highest BCUT2D eigenvalue weighted by Gasteiger charge is 2.22. The third kappa shape index (κ3) is 2.42. The molecule has 2 N–H and O–H groups in total. The first-order chi connectivity index (χ1) is 11.6. The number of pyridine rings is 1. The number of hydrogen-bond donors (Lipinski definition) is 1. The second-order valence-corrected chi connectivity index (χ2v) is 5.39. The van der Waals surface area contributed by atoms with Crippen LogP contribution in [0, 0.1) is 11.6 Å². The van der Waals surface area contributed by atoms with Crippen LogP contribution in [0.4, 0.5) is 20.4 Å². The summed E-state index contributed by atoms with van der Waals surface area (Å²) in [6, 6.07) is 2.85. The molecule has 9 heteroatoms. The maximum atomic E-state index is 14.4. The number of nitrogen functional groups attached to an aromatic ring is 1. The van der Waals surface area contributed by atoms with Crippen molar-refractivity contribution in [2.45, 2.75) is 0 Å². The normalized spacial score (nSPS) is 15.2. The van der Waals surface area contributed by atoms with E-state index in [2.05, 4.69) is 15.0 Å². The molecule has 0 bridgehead atoms. The van der Waals surface area contributed by atoms with Gasteiger partial charge in [-0.2, -0.15) is 4.39 Å². The summed E-state index contributed by atoms with van der Waals surface area (Å²) < 4.78 is 34.7. The van der Waals surface area contributed by atoms with Gasteiger partial charge in [0, 0.05) is 19.3 Å². The van der Waals surface area contributed by atoms with Gasteiger partial charge in [0.05, 0.1) is 19.4 Å². The number of halogens is 2. The fraction of sp³-hybridized carbons (Fsp3) is 0.267. The lowest BCUT2D eigenvalue weighted by molar-refractivity contribution is 0.122. The van der Waals surface area contributed by atoms with E-state index in [0.29, 0.717) is 37.6 Å². The van der Waals surface area contributed by atoms with Crippen molar-refractivity contribution in [1.82, 2.24) is 19.4 Å². The topological polar surface area (TPSA) is 81.6 Å². The maximum absolute atomic E-state index is 14.4. The van der Waals surface area contributed by atoms with Crippen molar-refractivity contribution in [2.24, 2.45) is 0 Å². The Bertz CT molecular complexity index is 906. The van der Waals surface area contributed by atoms with Gasteiger partial charge in [-0.05, 0) is 12.1 Å². The molecule has 3 aromatic rings. The summed E-state index contributed by atoms with van der Waals surface area (Å²) in [6.07, 6.45) is 2.78. The number of morpholine rings is 1. The van der Waals surface area contributed by atoms with E-state index in [0.717, 1.165) is 0 Å². The number of aromatic nitrogens is 4. The minimum absolute atomic E-state index is 0.118. The molecular weight excluding hydrogens is 318 g/mol. The lowest BCUT2D eigenvalue weighted by Crippen LogP contribution is -2.37. The van der Waals surface area contributed by atoms with Crippen LogP contribution in [-0.4, -0.2) is 45.7 Å². The van der Waals surface area contributed by atoms with Crippen molar-refractivity contribution < 1.29 is 13.5 Å². The molecule has 0 unspecified atom stereocenters. The minimum Gasteiger partial charge on any atom is -0.381 e. The molecule has 0 spiro atoms. The average Bonchev–Trinajstić information content (AvgIpc) is 3.01.